The van der Waals surface area contributed by atoms with E-state index in [1.807, 2.05) is 28.9 Å². The standard InChI is InChI=1S/C22H27N7OS3/c1-4-31-21-27-19(24-11-14(2)3)15-12-25-29(20(15)28-21)10-9-23-18(30)13-32-22-26-16-7-5-6-8-17(16)33-22/h5-8,12,14H,4,9-11,13H2,1-3H3,(H,23,30)(H,24,27,28). The van der Waals surface area contributed by atoms with E-state index in [2.05, 4.69) is 46.5 Å². The van der Waals surface area contributed by atoms with Crippen LogP contribution < -0.4 is 10.6 Å². The van der Waals surface area contributed by atoms with Crippen LogP contribution >= 0.6 is 34.9 Å². The minimum absolute atomic E-state index is 0.0214. The maximum atomic E-state index is 12.3. The van der Waals surface area contributed by atoms with Gasteiger partial charge in [-0.2, -0.15) is 5.10 Å². The van der Waals surface area contributed by atoms with E-state index in [1.54, 1.807) is 29.3 Å². The minimum Gasteiger partial charge on any atom is -0.369 e. The van der Waals surface area contributed by atoms with Crippen molar-refractivity contribution in [3.8, 4) is 0 Å². The highest BCUT2D eigenvalue weighted by Gasteiger charge is 2.14. The number of thioether (sulfide) groups is 2. The number of anilines is 1. The maximum Gasteiger partial charge on any atom is 0.230 e. The van der Waals surface area contributed by atoms with Crippen LogP contribution in [0.15, 0.2) is 40.0 Å². The summed E-state index contributed by atoms with van der Waals surface area (Å²) in [5, 5.41) is 12.5. The quantitative estimate of drug-likeness (QED) is 0.229. The van der Waals surface area contributed by atoms with Gasteiger partial charge in [0.2, 0.25) is 5.91 Å². The molecule has 0 unspecified atom stereocenters. The van der Waals surface area contributed by atoms with E-state index in [-0.39, 0.29) is 5.91 Å². The molecule has 0 saturated heterocycles. The van der Waals surface area contributed by atoms with Crippen LogP contribution in [0.2, 0.25) is 0 Å². The van der Waals surface area contributed by atoms with Crippen molar-refractivity contribution in [1.29, 1.82) is 0 Å². The lowest BCUT2D eigenvalue weighted by atomic mass is 10.2. The third-order valence-electron chi connectivity index (χ3n) is 4.67. The van der Waals surface area contributed by atoms with Gasteiger partial charge < -0.3 is 10.6 Å². The molecule has 3 aromatic heterocycles. The monoisotopic (exact) mass is 501 g/mol. The number of thiazole rings is 1. The van der Waals surface area contributed by atoms with Crippen molar-refractivity contribution in [3.05, 3.63) is 30.5 Å². The number of carbonyl (C=O) groups excluding carboxylic acids is 1. The molecule has 0 fully saturated rings. The fraction of sp³-hybridized carbons (Fsp3) is 0.409. The highest BCUT2D eigenvalue weighted by atomic mass is 32.2. The lowest BCUT2D eigenvalue weighted by Gasteiger charge is -2.11. The molecule has 11 heteroatoms. The molecule has 0 bridgehead atoms. The normalized spacial score (nSPS) is 11.5. The Morgan fingerprint density at radius 3 is 2.82 bits per heavy atom. The van der Waals surface area contributed by atoms with Gasteiger partial charge in [0.15, 0.2) is 15.1 Å². The summed E-state index contributed by atoms with van der Waals surface area (Å²) in [6, 6.07) is 8.00. The van der Waals surface area contributed by atoms with Crippen LogP contribution in [0.3, 0.4) is 0 Å². The summed E-state index contributed by atoms with van der Waals surface area (Å²) in [5.41, 5.74) is 1.76. The van der Waals surface area contributed by atoms with Gasteiger partial charge >= 0.3 is 0 Å². The summed E-state index contributed by atoms with van der Waals surface area (Å²) in [7, 11) is 0. The highest BCUT2D eigenvalue weighted by Crippen LogP contribution is 2.29. The predicted octanol–water partition coefficient (Wildman–Crippen LogP) is 4.52. The van der Waals surface area contributed by atoms with Crippen molar-refractivity contribution in [2.45, 2.75) is 36.8 Å². The molecule has 0 aliphatic carbocycles. The van der Waals surface area contributed by atoms with Crippen LogP contribution in [0.1, 0.15) is 20.8 Å². The molecule has 4 aromatic rings. The number of benzene rings is 1. The first kappa shape index (κ1) is 23.8. The maximum absolute atomic E-state index is 12.3. The van der Waals surface area contributed by atoms with Crippen LogP contribution in [0.25, 0.3) is 21.3 Å². The molecule has 0 saturated carbocycles. The summed E-state index contributed by atoms with van der Waals surface area (Å²) >= 11 is 4.68. The number of rotatable bonds is 11. The number of carbonyl (C=O) groups is 1. The fourth-order valence-electron chi connectivity index (χ4n) is 3.12. The Labute approximate surface area is 205 Å². The summed E-state index contributed by atoms with van der Waals surface area (Å²) < 4.78 is 3.87. The van der Waals surface area contributed by atoms with Crippen molar-refractivity contribution < 1.29 is 4.79 Å². The van der Waals surface area contributed by atoms with Gasteiger partial charge in [-0.25, -0.2) is 19.6 Å². The zero-order valence-electron chi connectivity index (χ0n) is 18.9. The van der Waals surface area contributed by atoms with E-state index < -0.39 is 0 Å². The molecule has 2 N–H and O–H groups in total. The molecule has 0 aliphatic heterocycles. The number of fused-ring (bicyclic) bond motifs is 2. The number of hydrogen-bond donors (Lipinski definition) is 2. The first-order valence-electron chi connectivity index (χ1n) is 10.9. The van der Waals surface area contributed by atoms with Crippen LogP contribution in [0.5, 0.6) is 0 Å². The molecule has 8 nitrogen and oxygen atoms in total. The molecule has 3 heterocycles. The summed E-state index contributed by atoms with van der Waals surface area (Å²) in [6.45, 7) is 8.25. The van der Waals surface area contributed by atoms with Crippen LogP contribution in [-0.2, 0) is 11.3 Å². The second-order valence-corrected chi connectivity index (χ2v) is 11.2. The van der Waals surface area contributed by atoms with Gasteiger partial charge in [0.25, 0.3) is 0 Å². The average Bonchev–Trinajstić information content (AvgIpc) is 3.40. The Morgan fingerprint density at radius 1 is 1.18 bits per heavy atom. The molecule has 1 aromatic carbocycles. The summed E-state index contributed by atoms with van der Waals surface area (Å²) in [6.07, 6.45) is 1.79. The summed E-state index contributed by atoms with van der Waals surface area (Å²) in [5.74, 6) is 2.52. The molecule has 0 spiro atoms. The smallest absolute Gasteiger partial charge is 0.230 e. The Bertz CT molecular complexity index is 1200. The fourth-order valence-corrected chi connectivity index (χ4v) is 5.58. The van der Waals surface area contributed by atoms with Crippen LogP contribution in [-0.4, -0.2) is 55.2 Å². The molecule has 33 heavy (non-hydrogen) atoms. The van der Waals surface area contributed by atoms with Crippen LogP contribution in [0, 0.1) is 5.92 Å². The van der Waals surface area contributed by atoms with Crippen molar-refractivity contribution in [3.63, 3.8) is 0 Å². The molecule has 0 aliphatic rings. The molecular weight excluding hydrogens is 474 g/mol. The van der Waals surface area contributed by atoms with E-state index in [0.717, 1.165) is 48.9 Å². The van der Waals surface area contributed by atoms with Crippen molar-refractivity contribution in [1.82, 2.24) is 30.0 Å². The summed E-state index contributed by atoms with van der Waals surface area (Å²) in [4.78, 5) is 26.3. The number of para-hydroxylation sites is 1. The van der Waals surface area contributed by atoms with Crippen molar-refractivity contribution >= 4 is 67.8 Å². The second-order valence-electron chi connectivity index (χ2n) is 7.75. The Balaban J connectivity index is 1.35. The van der Waals surface area contributed by atoms with Gasteiger partial charge in [0.05, 0.1) is 34.1 Å². The average molecular weight is 502 g/mol. The van der Waals surface area contributed by atoms with E-state index in [4.69, 9.17) is 4.98 Å². The molecule has 4 rings (SSSR count). The van der Waals surface area contributed by atoms with Gasteiger partial charge in [-0.15, -0.1) is 11.3 Å². The first-order chi connectivity index (χ1) is 16.0. The topological polar surface area (TPSA) is 97.6 Å². The lowest BCUT2D eigenvalue weighted by molar-refractivity contribution is -0.118. The van der Waals surface area contributed by atoms with Crippen molar-refractivity contribution in [2.75, 3.05) is 29.9 Å². The molecule has 0 radical (unpaired) electrons. The first-order valence-corrected chi connectivity index (χ1v) is 13.7. The molecule has 0 atom stereocenters. The number of nitrogens with one attached hydrogen (secondary N) is 2. The Morgan fingerprint density at radius 2 is 2.03 bits per heavy atom. The van der Waals surface area contributed by atoms with Gasteiger partial charge in [0, 0.05) is 13.1 Å². The zero-order valence-corrected chi connectivity index (χ0v) is 21.3. The molecule has 174 valence electrons. The number of nitrogens with zero attached hydrogens (tertiary/aromatic N) is 5. The SMILES string of the molecule is CCSc1nc(NCC(C)C)c2cnn(CCNC(=O)CSc3nc4ccccc4s3)c2n1. The number of hydrogen-bond acceptors (Lipinski definition) is 9. The van der Waals surface area contributed by atoms with Gasteiger partial charge in [-0.05, 0) is 23.8 Å². The van der Waals surface area contributed by atoms with Crippen LogP contribution in [0.4, 0.5) is 5.82 Å². The predicted molar refractivity (Wildman–Crippen MR) is 138 cm³/mol. The van der Waals surface area contributed by atoms with Gasteiger partial charge in [-0.1, -0.05) is 56.4 Å². The van der Waals surface area contributed by atoms with Crippen molar-refractivity contribution in [2.24, 2.45) is 5.92 Å². The largest absolute Gasteiger partial charge is 0.369 e. The highest BCUT2D eigenvalue weighted by molar-refractivity contribution is 8.01. The Kier molecular flexibility index (Phi) is 8.05. The molecular formula is C22H27N7OS3. The number of amides is 1. The lowest BCUT2D eigenvalue weighted by Crippen LogP contribution is -2.29. The third-order valence-corrected chi connectivity index (χ3v) is 7.58. The van der Waals surface area contributed by atoms with E-state index in [1.165, 1.54) is 11.8 Å². The van der Waals surface area contributed by atoms with E-state index >= 15 is 0 Å². The van der Waals surface area contributed by atoms with E-state index in [0.29, 0.717) is 24.8 Å². The van der Waals surface area contributed by atoms with Gasteiger partial charge in [-0.3, -0.25) is 4.79 Å². The van der Waals surface area contributed by atoms with Gasteiger partial charge in [0.1, 0.15) is 5.82 Å². The zero-order chi connectivity index (χ0) is 23.2. The second kappa shape index (κ2) is 11.2. The molecule has 1 amide bonds. The minimum atomic E-state index is -0.0214. The number of aromatic nitrogens is 5. The third kappa shape index (κ3) is 6.15. The van der Waals surface area contributed by atoms with E-state index in [9.17, 15) is 4.79 Å². The Hall–Kier alpha value is -2.37.